The molecule has 0 aliphatic rings. The van der Waals surface area contributed by atoms with Gasteiger partial charge in [-0.1, -0.05) is 17.7 Å². The number of rotatable bonds is 8. The molecule has 1 N–H and O–H groups in total. The Balaban J connectivity index is 2.12. The van der Waals surface area contributed by atoms with Gasteiger partial charge in [0.1, 0.15) is 22.1 Å². The van der Waals surface area contributed by atoms with Gasteiger partial charge in [-0.3, -0.25) is 0 Å². The van der Waals surface area contributed by atoms with Crippen LogP contribution in [0.15, 0.2) is 41.3 Å². The third-order valence-corrected chi connectivity index (χ3v) is 5.31. The number of nitrogens with one attached hydrogen (secondary N) is 1. The highest BCUT2D eigenvalue weighted by molar-refractivity contribution is 7.89. The Morgan fingerprint density at radius 2 is 1.68 bits per heavy atom. The molecule has 0 fully saturated rings. The van der Waals surface area contributed by atoms with Crippen molar-refractivity contribution in [2.75, 3.05) is 27.9 Å². The van der Waals surface area contributed by atoms with Crippen molar-refractivity contribution < 1.29 is 22.6 Å². The number of hydrogen-bond donors (Lipinski definition) is 1. The molecule has 0 saturated carbocycles. The van der Waals surface area contributed by atoms with E-state index in [2.05, 4.69) is 4.72 Å². The predicted molar refractivity (Wildman–Crippen MR) is 96.4 cm³/mol. The van der Waals surface area contributed by atoms with Crippen molar-refractivity contribution in [3.63, 3.8) is 0 Å². The Morgan fingerprint density at radius 3 is 2.32 bits per heavy atom. The largest absolute Gasteiger partial charge is 0.497 e. The molecule has 8 heteroatoms. The second-order valence-electron chi connectivity index (χ2n) is 5.12. The third-order valence-electron chi connectivity index (χ3n) is 3.60. The van der Waals surface area contributed by atoms with Crippen molar-refractivity contribution in [1.29, 1.82) is 0 Å². The van der Waals surface area contributed by atoms with E-state index in [4.69, 9.17) is 25.8 Å². The second-order valence-corrected chi connectivity index (χ2v) is 7.29. The highest BCUT2D eigenvalue weighted by atomic mass is 35.5. The molecule has 0 aliphatic carbocycles. The molecule has 25 heavy (non-hydrogen) atoms. The van der Waals surface area contributed by atoms with Crippen LogP contribution in [0.3, 0.4) is 0 Å². The zero-order valence-corrected chi connectivity index (χ0v) is 15.8. The Bertz CT molecular complexity index is 839. The summed E-state index contributed by atoms with van der Waals surface area (Å²) in [6, 6.07) is 9.84. The molecule has 0 aromatic heterocycles. The van der Waals surface area contributed by atoms with Crippen molar-refractivity contribution >= 4 is 21.6 Å². The van der Waals surface area contributed by atoms with E-state index >= 15 is 0 Å². The van der Waals surface area contributed by atoms with E-state index < -0.39 is 10.0 Å². The van der Waals surface area contributed by atoms with Gasteiger partial charge in [-0.25, -0.2) is 13.1 Å². The van der Waals surface area contributed by atoms with Crippen molar-refractivity contribution in [3.05, 3.63) is 47.0 Å². The molecule has 2 aromatic rings. The van der Waals surface area contributed by atoms with Crippen LogP contribution >= 0.6 is 11.6 Å². The Morgan fingerprint density at radius 1 is 0.960 bits per heavy atom. The van der Waals surface area contributed by atoms with E-state index in [9.17, 15) is 8.42 Å². The van der Waals surface area contributed by atoms with Crippen LogP contribution in [-0.2, 0) is 16.4 Å². The average Bonchev–Trinajstić information content (AvgIpc) is 2.61. The SMILES string of the molecule is COc1ccc(CCNS(=O)(=O)c2cc(Cl)ccc2OC)c(OC)c1. The van der Waals surface area contributed by atoms with Crippen LogP contribution in [0.5, 0.6) is 17.2 Å². The number of sulfonamides is 1. The van der Waals surface area contributed by atoms with Gasteiger partial charge >= 0.3 is 0 Å². The lowest BCUT2D eigenvalue weighted by Crippen LogP contribution is -2.26. The van der Waals surface area contributed by atoms with Crippen LogP contribution in [0.1, 0.15) is 5.56 Å². The summed E-state index contributed by atoms with van der Waals surface area (Å²) in [4.78, 5) is 0.00389. The van der Waals surface area contributed by atoms with E-state index in [0.717, 1.165) is 5.56 Å². The molecule has 0 heterocycles. The lowest BCUT2D eigenvalue weighted by Gasteiger charge is -2.13. The summed E-state index contributed by atoms with van der Waals surface area (Å²) in [5.41, 5.74) is 0.865. The van der Waals surface area contributed by atoms with Crippen LogP contribution in [0, 0.1) is 0 Å². The minimum atomic E-state index is -3.75. The maximum absolute atomic E-state index is 12.5. The Labute approximate surface area is 152 Å². The van der Waals surface area contributed by atoms with Crippen LogP contribution < -0.4 is 18.9 Å². The zero-order chi connectivity index (χ0) is 18.4. The van der Waals surface area contributed by atoms with Crippen molar-refractivity contribution in [1.82, 2.24) is 4.72 Å². The topological polar surface area (TPSA) is 73.9 Å². The van der Waals surface area contributed by atoms with E-state index in [1.54, 1.807) is 32.4 Å². The monoisotopic (exact) mass is 385 g/mol. The number of ether oxygens (including phenoxy) is 3. The van der Waals surface area contributed by atoms with Gasteiger partial charge in [-0.05, 0) is 36.2 Å². The average molecular weight is 386 g/mol. The molecule has 2 rings (SSSR count). The molecule has 0 saturated heterocycles. The van der Waals surface area contributed by atoms with Crippen molar-refractivity contribution in [3.8, 4) is 17.2 Å². The lowest BCUT2D eigenvalue weighted by molar-refractivity contribution is 0.391. The van der Waals surface area contributed by atoms with Gasteiger partial charge in [-0.15, -0.1) is 0 Å². The first-order chi connectivity index (χ1) is 11.9. The highest BCUT2D eigenvalue weighted by Gasteiger charge is 2.19. The quantitative estimate of drug-likeness (QED) is 0.756. The summed E-state index contributed by atoms with van der Waals surface area (Å²) >= 11 is 5.90. The smallest absolute Gasteiger partial charge is 0.244 e. The summed E-state index contributed by atoms with van der Waals surface area (Å²) in [6.45, 7) is 0.195. The van der Waals surface area contributed by atoms with Crippen molar-refractivity contribution in [2.24, 2.45) is 0 Å². The van der Waals surface area contributed by atoms with Gasteiger partial charge in [0.25, 0.3) is 0 Å². The van der Waals surface area contributed by atoms with Crippen molar-refractivity contribution in [2.45, 2.75) is 11.3 Å². The fraction of sp³-hybridized carbons (Fsp3) is 0.294. The van der Waals surface area contributed by atoms with E-state index in [0.29, 0.717) is 22.9 Å². The number of benzene rings is 2. The van der Waals surface area contributed by atoms with Gasteiger partial charge in [0.2, 0.25) is 10.0 Å². The molecule has 0 spiro atoms. The van der Waals surface area contributed by atoms with E-state index in [1.165, 1.54) is 19.2 Å². The van der Waals surface area contributed by atoms with Crippen LogP contribution in [0.25, 0.3) is 0 Å². The summed E-state index contributed by atoms with van der Waals surface area (Å²) < 4.78 is 43.1. The molecule has 0 radical (unpaired) electrons. The first kappa shape index (κ1) is 19.4. The van der Waals surface area contributed by atoms with Gasteiger partial charge in [0, 0.05) is 17.6 Å². The summed E-state index contributed by atoms with van der Waals surface area (Å²) in [7, 11) is 0.779. The fourth-order valence-electron chi connectivity index (χ4n) is 2.32. The second kappa shape index (κ2) is 8.42. The molecular weight excluding hydrogens is 366 g/mol. The molecule has 0 atom stereocenters. The van der Waals surface area contributed by atoms with Gasteiger partial charge in [0.15, 0.2) is 0 Å². The summed E-state index contributed by atoms with van der Waals surface area (Å²) in [5.74, 6) is 1.54. The zero-order valence-electron chi connectivity index (χ0n) is 14.2. The maximum Gasteiger partial charge on any atom is 0.244 e. The Kier molecular flexibility index (Phi) is 6.52. The molecule has 6 nitrogen and oxygen atoms in total. The van der Waals surface area contributed by atoms with Crippen LogP contribution in [0.2, 0.25) is 5.02 Å². The first-order valence-corrected chi connectivity index (χ1v) is 9.31. The standard InChI is InChI=1S/C17H20ClNO5S/c1-22-14-6-4-12(16(11-14)24-3)8-9-19-25(20,21)17-10-13(18)5-7-15(17)23-2/h4-7,10-11,19H,8-9H2,1-3H3. The summed E-state index contributed by atoms with van der Waals surface area (Å²) in [5, 5.41) is 0.318. The highest BCUT2D eigenvalue weighted by Crippen LogP contribution is 2.27. The minimum absolute atomic E-state index is 0.00389. The van der Waals surface area contributed by atoms with E-state index in [-0.39, 0.29) is 17.2 Å². The maximum atomic E-state index is 12.5. The third kappa shape index (κ3) is 4.78. The van der Waals surface area contributed by atoms with Crippen LogP contribution in [0.4, 0.5) is 0 Å². The Hall–Kier alpha value is -1.96. The molecule has 2 aromatic carbocycles. The number of hydrogen-bond acceptors (Lipinski definition) is 5. The molecule has 136 valence electrons. The normalized spacial score (nSPS) is 11.2. The predicted octanol–water partition coefficient (Wildman–Crippen LogP) is 2.89. The fourth-order valence-corrected chi connectivity index (χ4v) is 3.78. The molecule has 0 bridgehead atoms. The molecular formula is C17H20ClNO5S. The minimum Gasteiger partial charge on any atom is -0.497 e. The number of methoxy groups -OCH3 is 3. The van der Waals surface area contributed by atoms with Crippen LogP contribution in [-0.4, -0.2) is 36.3 Å². The first-order valence-electron chi connectivity index (χ1n) is 7.45. The van der Waals surface area contributed by atoms with Gasteiger partial charge in [-0.2, -0.15) is 0 Å². The van der Waals surface area contributed by atoms with E-state index in [1.807, 2.05) is 6.07 Å². The number of halogens is 1. The van der Waals surface area contributed by atoms with Gasteiger partial charge in [0.05, 0.1) is 21.3 Å². The molecule has 0 unspecified atom stereocenters. The molecule has 0 aliphatic heterocycles. The van der Waals surface area contributed by atoms with Gasteiger partial charge < -0.3 is 14.2 Å². The summed E-state index contributed by atoms with van der Waals surface area (Å²) in [6.07, 6.45) is 0.454. The lowest BCUT2D eigenvalue weighted by atomic mass is 10.1. The molecule has 0 amide bonds.